The predicted octanol–water partition coefficient (Wildman–Crippen LogP) is 3.05. The number of carbonyl (C=O) groups excluding carboxylic acids is 1. The van der Waals surface area contributed by atoms with Gasteiger partial charge in [-0.05, 0) is 41.1 Å². The van der Waals surface area contributed by atoms with Gasteiger partial charge in [0, 0.05) is 12.4 Å². The zero-order valence-corrected chi connectivity index (χ0v) is 13.6. The van der Waals surface area contributed by atoms with E-state index in [0.717, 1.165) is 22.6 Å². The maximum Gasteiger partial charge on any atom is 0.230 e. The van der Waals surface area contributed by atoms with E-state index in [1.165, 1.54) is 0 Å². The third-order valence-electron chi connectivity index (χ3n) is 3.23. The van der Waals surface area contributed by atoms with Crippen molar-refractivity contribution in [3.8, 4) is 5.75 Å². The number of pyridine rings is 1. The Balaban J connectivity index is 2.22. The molecule has 0 spiro atoms. The van der Waals surface area contributed by atoms with Crippen molar-refractivity contribution in [2.45, 2.75) is 13.0 Å². The van der Waals surface area contributed by atoms with E-state index in [1.807, 2.05) is 43.3 Å². The highest BCUT2D eigenvalue weighted by atomic mass is 32.2. The summed E-state index contributed by atoms with van der Waals surface area (Å²) >= 11 is 1.61. The van der Waals surface area contributed by atoms with E-state index in [1.54, 1.807) is 31.3 Å². The molecule has 4 nitrogen and oxygen atoms in total. The molecule has 22 heavy (non-hydrogen) atoms. The number of thioether (sulfide) groups is 1. The molecule has 1 heterocycles. The topological polar surface area (TPSA) is 51.2 Å². The maximum atomic E-state index is 12.1. The third kappa shape index (κ3) is 4.49. The largest absolute Gasteiger partial charge is 0.497 e. The smallest absolute Gasteiger partial charge is 0.230 e. The second kappa shape index (κ2) is 8.44. The van der Waals surface area contributed by atoms with E-state index in [2.05, 4.69) is 10.3 Å². The Bertz CT molecular complexity index is 587. The monoisotopic (exact) mass is 316 g/mol. The van der Waals surface area contributed by atoms with Gasteiger partial charge in [0.25, 0.3) is 0 Å². The van der Waals surface area contributed by atoms with Crippen LogP contribution in [0.1, 0.15) is 24.1 Å². The number of ether oxygens (including phenoxy) is 1. The van der Waals surface area contributed by atoms with Gasteiger partial charge in [0.05, 0.1) is 18.9 Å². The highest BCUT2D eigenvalue weighted by Crippen LogP contribution is 2.24. The lowest BCUT2D eigenvalue weighted by Gasteiger charge is -2.20. The number of nitrogens with one attached hydrogen (secondary N) is 1. The molecule has 0 saturated carbocycles. The number of methoxy groups -OCH3 is 1. The Labute approximate surface area is 135 Å². The van der Waals surface area contributed by atoms with Crippen molar-refractivity contribution in [2.75, 3.05) is 18.6 Å². The summed E-state index contributed by atoms with van der Waals surface area (Å²) in [4.78, 5) is 16.2. The van der Waals surface area contributed by atoms with Gasteiger partial charge in [-0.1, -0.05) is 19.1 Å². The van der Waals surface area contributed by atoms with Crippen molar-refractivity contribution in [3.05, 3.63) is 59.9 Å². The van der Waals surface area contributed by atoms with Crippen molar-refractivity contribution in [1.29, 1.82) is 0 Å². The van der Waals surface area contributed by atoms with E-state index < -0.39 is 0 Å². The van der Waals surface area contributed by atoms with Crippen LogP contribution in [-0.4, -0.2) is 29.5 Å². The number of hydrogen-bond acceptors (Lipinski definition) is 4. The molecule has 0 aliphatic heterocycles. The highest BCUT2D eigenvalue weighted by Gasteiger charge is 2.16. The molecular formula is C17H20N2O2S. The molecule has 2 aromatic rings. The van der Waals surface area contributed by atoms with E-state index >= 15 is 0 Å². The predicted molar refractivity (Wildman–Crippen MR) is 90.2 cm³/mol. The molecule has 0 bridgehead atoms. The number of rotatable bonds is 7. The fraction of sp³-hybridized carbons (Fsp3) is 0.294. The molecule has 1 aromatic carbocycles. The minimum atomic E-state index is -0.182. The van der Waals surface area contributed by atoms with Crippen molar-refractivity contribution in [1.82, 2.24) is 10.3 Å². The van der Waals surface area contributed by atoms with Crippen LogP contribution in [0.3, 0.4) is 0 Å². The molecule has 116 valence electrons. The van der Waals surface area contributed by atoms with Gasteiger partial charge in [-0.3, -0.25) is 9.78 Å². The Morgan fingerprint density at radius 3 is 2.41 bits per heavy atom. The van der Waals surface area contributed by atoms with E-state index in [0.29, 0.717) is 5.75 Å². The molecule has 0 unspecified atom stereocenters. The van der Waals surface area contributed by atoms with Crippen LogP contribution < -0.4 is 10.1 Å². The summed E-state index contributed by atoms with van der Waals surface area (Å²) < 4.78 is 5.19. The minimum Gasteiger partial charge on any atom is -0.497 e. The first kappa shape index (κ1) is 16.4. The fourth-order valence-electron chi connectivity index (χ4n) is 2.11. The second-order valence-electron chi connectivity index (χ2n) is 4.69. The van der Waals surface area contributed by atoms with Crippen LogP contribution >= 0.6 is 11.8 Å². The summed E-state index contributed by atoms with van der Waals surface area (Å²) in [6.45, 7) is 2.04. The molecule has 0 aliphatic carbocycles. The quantitative estimate of drug-likeness (QED) is 0.853. The van der Waals surface area contributed by atoms with Crippen LogP contribution in [0.15, 0.2) is 48.8 Å². The van der Waals surface area contributed by atoms with Gasteiger partial charge >= 0.3 is 0 Å². The Hall–Kier alpha value is -2.01. The first-order chi connectivity index (χ1) is 10.7. The SMILES string of the molecule is CCSCC(=O)N[C@@H](c1ccncc1)c1ccc(OC)cc1. The fourth-order valence-corrected chi connectivity index (χ4v) is 2.58. The van der Waals surface area contributed by atoms with Gasteiger partial charge in [-0.2, -0.15) is 11.8 Å². The summed E-state index contributed by atoms with van der Waals surface area (Å²) in [6, 6.07) is 11.4. The average molecular weight is 316 g/mol. The minimum absolute atomic E-state index is 0.0319. The Morgan fingerprint density at radius 2 is 1.82 bits per heavy atom. The van der Waals surface area contributed by atoms with E-state index in [4.69, 9.17) is 4.74 Å². The molecule has 1 aromatic heterocycles. The highest BCUT2D eigenvalue weighted by molar-refractivity contribution is 7.99. The molecule has 0 fully saturated rings. The molecule has 0 saturated heterocycles. The van der Waals surface area contributed by atoms with Crippen molar-refractivity contribution >= 4 is 17.7 Å². The van der Waals surface area contributed by atoms with Crippen molar-refractivity contribution in [2.24, 2.45) is 0 Å². The standard InChI is InChI=1S/C17H20N2O2S/c1-3-22-12-16(20)19-17(14-8-10-18-11-9-14)13-4-6-15(21-2)7-5-13/h4-11,17H,3,12H2,1-2H3,(H,19,20)/t17-/m1/s1. The van der Waals surface area contributed by atoms with Crippen LogP contribution in [0, 0.1) is 0 Å². The van der Waals surface area contributed by atoms with Crippen molar-refractivity contribution in [3.63, 3.8) is 0 Å². The maximum absolute atomic E-state index is 12.1. The molecule has 1 amide bonds. The van der Waals surface area contributed by atoms with Crippen molar-refractivity contribution < 1.29 is 9.53 Å². The average Bonchev–Trinajstić information content (AvgIpc) is 2.59. The first-order valence-corrected chi connectivity index (χ1v) is 8.31. The lowest BCUT2D eigenvalue weighted by Crippen LogP contribution is -2.30. The summed E-state index contributed by atoms with van der Waals surface area (Å²) in [5.74, 6) is 2.22. The molecule has 0 radical (unpaired) electrons. The van der Waals surface area contributed by atoms with Gasteiger partial charge in [-0.25, -0.2) is 0 Å². The lowest BCUT2D eigenvalue weighted by molar-refractivity contribution is -0.119. The van der Waals surface area contributed by atoms with Crippen LogP contribution in [0.2, 0.25) is 0 Å². The molecule has 5 heteroatoms. The van der Waals surface area contributed by atoms with Crippen LogP contribution in [0.4, 0.5) is 0 Å². The van der Waals surface area contributed by atoms with Crippen LogP contribution in [0.25, 0.3) is 0 Å². The molecule has 1 N–H and O–H groups in total. The number of amides is 1. The summed E-state index contributed by atoms with van der Waals surface area (Å²) in [5, 5.41) is 3.09. The van der Waals surface area contributed by atoms with Gasteiger partial charge < -0.3 is 10.1 Å². The molecule has 0 aliphatic rings. The zero-order chi connectivity index (χ0) is 15.8. The molecule has 2 rings (SSSR count). The number of carbonyl (C=O) groups is 1. The number of benzene rings is 1. The molecular weight excluding hydrogens is 296 g/mol. The number of hydrogen-bond donors (Lipinski definition) is 1. The summed E-state index contributed by atoms with van der Waals surface area (Å²) in [6.07, 6.45) is 3.47. The number of nitrogens with zero attached hydrogens (tertiary/aromatic N) is 1. The van der Waals surface area contributed by atoms with E-state index in [9.17, 15) is 4.79 Å². The van der Waals surface area contributed by atoms with Gasteiger partial charge in [-0.15, -0.1) is 0 Å². The number of aromatic nitrogens is 1. The zero-order valence-electron chi connectivity index (χ0n) is 12.8. The Morgan fingerprint density at radius 1 is 1.18 bits per heavy atom. The molecule has 1 atom stereocenters. The van der Waals surface area contributed by atoms with Gasteiger partial charge in [0.1, 0.15) is 5.75 Å². The summed E-state index contributed by atoms with van der Waals surface area (Å²) in [5.41, 5.74) is 2.02. The summed E-state index contributed by atoms with van der Waals surface area (Å²) in [7, 11) is 1.64. The third-order valence-corrected chi connectivity index (χ3v) is 4.11. The second-order valence-corrected chi connectivity index (χ2v) is 5.97. The van der Waals surface area contributed by atoms with E-state index in [-0.39, 0.29) is 11.9 Å². The van der Waals surface area contributed by atoms with Crippen LogP contribution in [-0.2, 0) is 4.79 Å². The first-order valence-electron chi connectivity index (χ1n) is 7.15. The lowest BCUT2D eigenvalue weighted by atomic mass is 9.99. The normalized spacial score (nSPS) is 11.7. The van der Waals surface area contributed by atoms with Crippen LogP contribution in [0.5, 0.6) is 5.75 Å². The van der Waals surface area contributed by atoms with Gasteiger partial charge in [0.15, 0.2) is 0 Å². The van der Waals surface area contributed by atoms with Gasteiger partial charge in [0.2, 0.25) is 5.91 Å². The Kier molecular flexibility index (Phi) is 6.27.